The largest absolute Gasteiger partial charge is 0.391 e. The van der Waals surface area contributed by atoms with Crippen molar-refractivity contribution in [1.82, 2.24) is 9.97 Å². The minimum Gasteiger partial charge on any atom is -0.391 e. The molecule has 1 unspecified atom stereocenters. The van der Waals surface area contributed by atoms with E-state index < -0.39 is 0 Å². The molecule has 1 N–H and O–H groups in total. The first-order valence-corrected chi connectivity index (χ1v) is 7.00. The smallest absolute Gasteiger partial charge is 0.137 e. The topological polar surface area (TPSA) is 49.2 Å². The predicted octanol–water partition coefficient (Wildman–Crippen LogP) is 2.28. The van der Waals surface area contributed by atoms with Gasteiger partial charge in [-0.25, -0.2) is 9.97 Å². The fraction of sp³-hybridized carbons (Fsp3) is 0.692. The number of anilines is 1. The summed E-state index contributed by atoms with van der Waals surface area (Å²) in [6.07, 6.45) is 3.96. The Bertz CT molecular complexity index is 462. The van der Waals surface area contributed by atoms with E-state index in [2.05, 4.69) is 14.9 Å². The van der Waals surface area contributed by atoms with Crippen LogP contribution in [-0.4, -0.2) is 34.3 Å². The molecule has 2 aliphatic rings. The van der Waals surface area contributed by atoms with Crippen molar-refractivity contribution in [2.45, 2.75) is 44.6 Å². The molecule has 1 saturated heterocycles. The molecule has 3 rings (SSSR count). The van der Waals surface area contributed by atoms with Crippen LogP contribution in [0.25, 0.3) is 0 Å². The number of hydrogen-bond acceptors (Lipinski definition) is 4. The Hall–Kier alpha value is -0.870. The monoisotopic (exact) mass is 267 g/mol. The van der Waals surface area contributed by atoms with Crippen molar-refractivity contribution in [3.63, 3.8) is 0 Å². The van der Waals surface area contributed by atoms with Crippen LogP contribution in [0.4, 0.5) is 5.82 Å². The van der Waals surface area contributed by atoms with Gasteiger partial charge < -0.3 is 10.0 Å². The summed E-state index contributed by atoms with van der Waals surface area (Å²) < 4.78 is 0. The molecule has 18 heavy (non-hydrogen) atoms. The molecule has 1 aliphatic heterocycles. The van der Waals surface area contributed by atoms with Crippen molar-refractivity contribution < 1.29 is 5.11 Å². The van der Waals surface area contributed by atoms with Crippen LogP contribution in [0.3, 0.4) is 0 Å². The summed E-state index contributed by atoms with van der Waals surface area (Å²) in [6.45, 7) is 3.54. The number of aliphatic hydroxyl groups excluding tert-OH is 1. The highest BCUT2D eigenvalue weighted by atomic mass is 35.5. The fourth-order valence-corrected chi connectivity index (χ4v) is 2.64. The molecule has 0 radical (unpaired) electrons. The van der Waals surface area contributed by atoms with Gasteiger partial charge in [-0.15, -0.1) is 0 Å². The Kier molecular flexibility index (Phi) is 3.16. The quantitative estimate of drug-likeness (QED) is 0.836. The number of β-amino-alcohol motifs (C(OH)–C–C–N with tert-alkyl or cyclic N) is 1. The molecule has 0 amide bonds. The van der Waals surface area contributed by atoms with Crippen LogP contribution in [-0.2, 0) is 0 Å². The normalized spacial score (nSPS) is 24.4. The first kappa shape index (κ1) is 12.2. The van der Waals surface area contributed by atoms with Crippen molar-refractivity contribution in [2.24, 2.45) is 0 Å². The summed E-state index contributed by atoms with van der Waals surface area (Å²) in [5.74, 6) is 2.29. The van der Waals surface area contributed by atoms with Crippen LogP contribution in [0.1, 0.15) is 43.0 Å². The molecular formula is C13H18ClN3O. The average molecular weight is 268 g/mol. The van der Waals surface area contributed by atoms with Crippen LogP contribution in [0, 0.1) is 6.92 Å². The van der Waals surface area contributed by atoms with Crippen molar-refractivity contribution in [3.8, 4) is 0 Å². The number of hydrogen-bond donors (Lipinski definition) is 1. The van der Waals surface area contributed by atoms with E-state index in [0.717, 1.165) is 36.6 Å². The second-order valence-electron chi connectivity index (χ2n) is 5.34. The molecule has 98 valence electrons. The molecular weight excluding hydrogens is 250 g/mol. The maximum atomic E-state index is 9.77. The van der Waals surface area contributed by atoms with Crippen LogP contribution >= 0.6 is 11.6 Å². The zero-order chi connectivity index (χ0) is 12.7. The molecule has 1 atom stereocenters. The van der Waals surface area contributed by atoms with Crippen LogP contribution in [0.15, 0.2) is 0 Å². The summed E-state index contributed by atoms with van der Waals surface area (Å²) in [4.78, 5) is 11.2. The lowest BCUT2D eigenvalue weighted by atomic mass is 10.1. The molecule has 0 spiro atoms. The van der Waals surface area contributed by atoms with E-state index in [0.29, 0.717) is 17.6 Å². The first-order chi connectivity index (χ1) is 8.65. The highest BCUT2D eigenvalue weighted by molar-refractivity contribution is 6.30. The fourth-order valence-electron chi connectivity index (χ4n) is 2.47. The highest BCUT2D eigenvalue weighted by Gasteiger charge is 2.29. The predicted molar refractivity (Wildman–Crippen MR) is 71.2 cm³/mol. The second kappa shape index (κ2) is 4.67. The number of halogens is 1. The van der Waals surface area contributed by atoms with Gasteiger partial charge in [0.05, 0.1) is 6.10 Å². The Morgan fingerprint density at radius 2 is 2.06 bits per heavy atom. The third-order valence-electron chi connectivity index (χ3n) is 3.72. The van der Waals surface area contributed by atoms with E-state index >= 15 is 0 Å². The number of piperidine rings is 1. The number of rotatable bonds is 2. The molecule has 2 fully saturated rings. The van der Waals surface area contributed by atoms with Gasteiger partial charge in [0.1, 0.15) is 16.8 Å². The third kappa shape index (κ3) is 2.31. The van der Waals surface area contributed by atoms with Gasteiger partial charge in [0.2, 0.25) is 0 Å². The van der Waals surface area contributed by atoms with Crippen molar-refractivity contribution in [1.29, 1.82) is 0 Å². The Labute approximate surface area is 112 Å². The lowest BCUT2D eigenvalue weighted by molar-refractivity contribution is 0.154. The van der Waals surface area contributed by atoms with E-state index in [1.165, 1.54) is 12.8 Å². The molecule has 1 aliphatic carbocycles. The van der Waals surface area contributed by atoms with E-state index in [4.69, 9.17) is 11.6 Å². The van der Waals surface area contributed by atoms with Gasteiger partial charge in [-0.05, 0) is 32.6 Å². The number of nitrogens with zero attached hydrogens (tertiary/aromatic N) is 3. The molecule has 5 heteroatoms. The van der Waals surface area contributed by atoms with Crippen LogP contribution in [0.2, 0.25) is 5.15 Å². The lowest BCUT2D eigenvalue weighted by Gasteiger charge is -2.32. The molecule has 0 bridgehead atoms. The van der Waals surface area contributed by atoms with Crippen LogP contribution < -0.4 is 4.90 Å². The lowest BCUT2D eigenvalue weighted by Crippen LogP contribution is -2.39. The minimum absolute atomic E-state index is 0.253. The minimum atomic E-state index is -0.253. The van der Waals surface area contributed by atoms with E-state index in [9.17, 15) is 5.11 Å². The van der Waals surface area contributed by atoms with Gasteiger partial charge >= 0.3 is 0 Å². The van der Waals surface area contributed by atoms with Crippen LogP contribution in [0.5, 0.6) is 0 Å². The van der Waals surface area contributed by atoms with Gasteiger partial charge in [0, 0.05) is 24.6 Å². The zero-order valence-corrected chi connectivity index (χ0v) is 11.3. The Balaban J connectivity index is 1.93. The number of aromatic nitrogens is 2. The second-order valence-corrected chi connectivity index (χ2v) is 5.70. The first-order valence-electron chi connectivity index (χ1n) is 6.62. The van der Waals surface area contributed by atoms with Crippen molar-refractivity contribution >= 4 is 17.4 Å². The maximum absolute atomic E-state index is 9.77. The molecule has 1 saturated carbocycles. The van der Waals surface area contributed by atoms with Gasteiger partial charge in [0.15, 0.2) is 0 Å². The molecule has 1 aromatic heterocycles. The van der Waals surface area contributed by atoms with Gasteiger partial charge in [-0.2, -0.15) is 0 Å². The van der Waals surface area contributed by atoms with Crippen molar-refractivity contribution in [2.75, 3.05) is 18.0 Å². The highest BCUT2D eigenvalue weighted by Crippen LogP contribution is 2.40. The summed E-state index contributed by atoms with van der Waals surface area (Å²) in [5, 5.41) is 10.3. The SMILES string of the molecule is Cc1c(Cl)nc(C2CC2)nc1N1CCCC(O)C1. The third-order valence-corrected chi connectivity index (χ3v) is 4.08. The standard InChI is InChI=1S/C13H18ClN3O/c1-8-11(14)15-12(9-4-5-9)16-13(8)17-6-2-3-10(18)7-17/h9-10,18H,2-7H2,1H3. The van der Waals surface area contributed by atoms with Gasteiger partial charge in [-0.3, -0.25) is 0 Å². The van der Waals surface area contributed by atoms with Gasteiger partial charge in [-0.1, -0.05) is 11.6 Å². The summed E-state index contributed by atoms with van der Waals surface area (Å²) >= 11 is 6.21. The Morgan fingerprint density at radius 1 is 1.28 bits per heavy atom. The maximum Gasteiger partial charge on any atom is 0.137 e. The van der Waals surface area contributed by atoms with Gasteiger partial charge in [0.25, 0.3) is 0 Å². The summed E-state index contributed by atoms with van der Waals surface area (Å²) in [5.41, 5.74) is 0.926. The molecule has 0 aromatic carbocycles. The zero-order valence-electron chi connectivity index (χ0n) is 10.6. The molecule has 1 aromatic rings. The molecule has 2 heterocycles. The Morgan fingerprint density at radius 3 is 2.72 bits per heavy atom. The number of aliphatic hydroxyl groups is 1. The average Bonchev–Trinajstić information content (AvgIpc) is 3.16. The molecule has 4 nitrogen and oxygen atoms in total. The van der Waals surface area contributed by atoms with E-state index in [1.807, 2.05) is 6.92 Å². The summed E-state index contributed by atoms with van der Waals surface area (Å²) in [7, 11) is 0. The van der Waals surface area contributed by atoms with Crippen molar-refractivity contribution in [3.05, 3.63) is 16.5 Å². The van der Waals surface area contributed by atoms with E-state index in [-0.39, 0.29) is 6.10 Å². The van der Waals surface area contributed by atoms with E-state index in [1.54, 1.807) is 0 Å². The summed E-state index contributed by atoms with van der Waals surface area (Å²) in [6, 6.07) is 0.